The summed E-state index contributed by atoms with van der Waals surface area (Å²) in [4.78, 5) is 8.22. The fraction of sp³-hybridized carbons (Fsp3) is 0.154. The standard InChI is InChI=1S/C13H11BrN4O2/c1-16-13-17-7-11(14)12(18-13)20-10-4-8(6-15)3-9(5-10)19-2/h3-5,7H,1-2H3,(H,16,17,18). The molecule has 102 valence electrons. The van der Waals surface area contributed by atoms with Gasteiger partial charge in [-0.3, -0.25) is 0 Å². The highest BCUT2D eigenvalue weighted by molar-refractivity contribution is 9.10. The van der Waals surface area contributed by atoms with E-state index in [1.54, 1.807) is 31.4 Å². The Morgan fingerprint density at radius 3 is 2.70 bits per heavy atom. The minimum Gasteiger partial charge on any atom is -0.497 e. The SMILES string of the molecule is CNc1ncc(Br)c(Oc2cc(C#N)cc(OC)c2)n1. The smallest absolute Gasteiger partial charge is 0.238 e. The van der Waals surface area contributed by atoms with E-state index in [2.05, 4.69) is 31.2 Å². The van der Waals surface area contributed by atoms with E-state index in [-0.39, 0.29) is 0 Å². The quantitative estimate of drug-likeness (QED) is 0.925. The molecule has 0 aliphatic rings. The van der Waals surface area contributed by atoms with Crippen LogP contribution in [0.25, 0.3) is 0 Å². The minimum absolute atomic E-state index is 0.349. The zero-order valence-corrected chi connectivity index (χ0v) is 12.4. The number of rotatable bonds is 4. The summed E-state index contributed by atoms with van der Waals surface area (Å²) in [7, 11) is 3.24. The van der Waals surface area contributed by atoms with Gasteiger partial charge in [0.15, 0.2) is 0 Å². The van der Waals surface area contributed by atoms with Crippen LogP contribution in [0.1, 0.15) is 5.56 Å². The lowest BCUT2D eigenvalue weighted by Crippen LogP contribution is -1.98. The molecule has 0 saturated heterocycles. The summed E-state index contributed by atoms with van der Waals surface area (Å²) in [6, 6.07) is 6.96. The molecule has 0 spiro atoms. The van der Waals surface area contributed by atoms with E-state index < -0.39 is 0 Å². The molecule has 0 saturated carbocycles. The number of halogens is 1. The van der Waals surface area contributed by atoms with Crippen LogP contribution in [0.4, 0.5) is 5.95 Å². The Hall–Kier alpha value is -2.33. The number of anilines is 1. The Labute approximate surface area is 124 Å². The van der Waals surface area contributed by atoms with Crippen molar-refractivity contribution < 1.29 is 9.47 Å². The Morgan fingerprint density at radius 1 is 1.30 bits per heavy atom. The third-order valence-electron chi connectivity index (χ3n) is 2.39. The highest BCUT2D eigenvalue weighted by Gasteiger charge is 2.09. The van der Waals surface area contributed by atoms with Gasteiger partial charge < -0.3 is 14.8 Å². The molecule has 0 radical (unpaired) electrons. The van der Waals surface area contributed by atoms with Crippen LogP contribution >= 0.6 is 15.9 Å². The molecule has 0 aliphatic heterocycles. The van der Waals surface area contributed by atoms with E-state index in [1.807, 2.05) is 6.07 Å². The first-order chi connectivity index (χ1) is 9.66. The molecule has 0 fully saturated rings. The zero-order valence-electron chi connectivity index (χ0n) is 10.8. The van der Waals surface area contributed by atoms with Crippen LogP contribution in [0.2, 0.25) is 0 Å². The summed E-state index contributed by atoms with van der Waals surface area (Å²) in [5.74, 6) is 1.79. The molecule has 0 bridgehead atoms. The van der Waals surface area contributed by atoms with Crippen LogP contribution in [-0.2, 0) is 0 Å². The third-order valence-corrected chi connectivity index (χ3v) is 2.94. The van der Waals surface area contributed by atoms with Gasteiger partial charge in [0.1, 0.15) is 11.5 Å². The molecule has 0 aliphatic carbocycles. The highest BCUT2D eigenvalue weighted by atomic mass is 79.9. The first-order valence-electron chi connectivity index (χ1n) is 5.63. The van der Waals surface area contributed by atoms with E-state index in [1.165, 1.54) is 7.11 Å². The van der Waals surface area contributed by atoms with Crippen molar-refractivity contribution in [2.45, 2.75) is 0 Å². The lowest BCUT2D eigenvalue weighted by molar-refractivity contribution is 0.406. The number of benzene rings is 1. The molecule has 2 rings (SSSR count). The Morgan fingerprint density at radius 2 is 2.05 bits per heavy atom. The summed E-state index contributed by atoms with van der Waals surface area (Å²) >= 11 is 3.31. The second-order valence-corrected chi connectivity index (χ2v) is 4.56. The molecule has 0 atom stereocenters. The molecule has 20 heavy (non-hydrogen) atoms. The Kier molecular flexibility index (Phi) is 4.38. The predicted molar refractivity (Wildman–Crippen MR) is 77.1 cm³/mol. The van der Waals surface area contributed by atoms with E-state index in [4.69, 9.17) is 14.7 Å². The molecule has 1 aromatic heterocycles. The van der Waals surface area contributed by atoms with Gasteiger partial charge >= 0.3 is 0 Å². The normalized spacial score (nSPS) is 9.70. The van der Waals surface area contributed by atoms with Crippen molar-refractivity contribution in [1.29, 1.82) is 5.26 Å². The van der Waals surface area contributed by atoms with Gasteiger partial charge in [0.2, 0.25) is 11.8 Å². The van der Waals surface area contributed by atoms with Gasteiger partial charge in [0.05, 0.1) is 29.4 Å². The average Bonchev–Trinajstić information content (AvgIpc) is 2.49. The third kappa shape index (κ3) is 3.16. The molecule has 1 heterocycles. The number of hydrogen-bond donors (Lipinski definition) is 1. The van der Waals surface area contributed by atoms with Gasteiger partial charge in [-0.05, 0) is 28.1 Å². The first kappa shape index (κ1) is 14.1. The van der Waals surface area contributed by atoms with Gasteiger partial charge in [-0.1, -0.05) is 0 Å². The van der Waals surface area contributed by atoms with Crippen LogP contribution in [0, 0.1) is 11.3 Å². The maximum atomic E-state index is 8.98. The number of nitrogens with zero attached hydrogens (tertiary/aromatic N) is 3. The van der Waals surface area contributed by atoms with Crippen molar-refractivity contribution in [3.05, 3.63) is 34.4 Å². The second-order valence-electron chi connectivity index (χ2n) is 3.71. The lowest BCUT2D eigenvalue weighted by atomic mass is 10.2. The zero-order chi connectivity index (χ0) is 14.5. The second kappa shape index (κ2) is 6.21. The largest absolute Gasteiger partial charge is 0.497 e. The van der Waals surface area contributed by atoms with Crippen molar-refractivity contribution in [2.24, 2.45) is 0 Å². The molecule has 2 aromatic rings. The average molecular weight is 335 g/mol. The van der Waals surface area contributed by atoms with Gasteiger partial charge in [-0.2, -0.15) is 10.2 Å². The van der Waals surface area contributed by atoms with Crippen LogP contribution in [-0.4, -0.2) is 24.1 Å². The molecular formula is C13H11BrN4O2. The number of ether oxygens (including phenoxy) is 2. The number of aromatic nitrogens is 2. The summed E-state index contributed by atoms with van der Waals surface area (Å²) in [6.45, 7) is 0. The maximum Gasteiger partial charge on any atom is 0.238 e. The Balaban J connectivity index is 2.37. The number of nitriles is 1. The van der Waals surface area contributed by atoms with Crippen LogP contribution in [0.15, 0.2) is 28.9 Å². The maximum absolute atomic E-state index is 8.98. The summed E-state index contributed by atoms with van der Waals surface area (Å²) < 4.78 is 11.4. The molecule has 0 amide bonds. The molecule has 1 N–H and O–H groups in total. The summed E-state index contributed by atoms with van der Waals surface area (Å²) in [5.41, 5.74) is 0.443. The van der Waals surface area contributed by atoms with Crippen molar-refractivity contribution in [3.63, 3.8) is 0 Å². The van der Waals surface area contributed by atoms with Crippen molar-refractivity contribution in [3.8, 4) is 23.4 Å². The van der Waals surface area contributed by atoms with Crippen molar-refractivity contribution in [2.75, 3.05) is 19.5 Å². The number of nitrogens with one attached hydrogen (secondary N) is 1. The fourth-order valence-corrected chi connectivity index (χ4v) is 1.74. The van der Waals surface area contributed by atoms with Crippen LogP contribution in [0.3, 0.4) is 0 Å². The number of methoxy groups -OCH3 is 1. The fourth-order valence-electron chi connectivity index (χ4n) is 1.47. The monoisotopic (exact) mass is 334 g/mol. The van der Waals surface area contributed by atoms with E-state index in [9.17, 15) is 0 Å². The first-order valence-corrected chi connectivity index (χ1v) is 6.43. The molecular weight excluding hydrogens is 324 g/mol. The van der Waals surface area contributed by atoms with E-state index >= 15 is 0 Å². The van der Waals surface area contributed by atoms with E-state index in [0.29, 0.717) is 33.4 Å². The van der Waals surface area contributed by atoms with Crippen LogP contribution < -0.4 is 14.8 Å². The van der Waals surface area contributed by atoms with Crippen molar-refractivity contribution in [1.82, 2.24) is 9.97 Å². The number of hydrogen-bond acceptors (Lipinski definition) is 6. The summed E-state index contributed by atoms with van der Waals surface area (Å²) in [5, 5.41) is 11.8. The molecule has 1 aromatic carbocycles. The van der Waals surface area contributed by atoms with Crippen molar-refractivity contribution >= 4 is 21.9 Å². The van der Waals surface area contributed by atoms with E-state index in [0.717, 1.165) is 0 Å². The van der Waals surface area contributed by atoms with Crippen LogP contribution in [0.5, 0.6) is 17.4 Å². The summed E-state index contributed by atoms with van der Waals surface area (Å²) in [6.07, 6.45) is 1.58. The topological polar surface area (TPSA) is 80.1 Å². The molecule has 7 heteroatoms. The molecule has 0 unspecified atom stereocenters. The van der Waals surface area contributed by atoms with Gasteiger partial charge in [-0.25, -0.2) is 4.98 Å². The van der Waals surface area contributed by atoms with Gasteiger partial charge in [0, 0.05) is 13.1 Å². The highest BCUT2D eigenvalue weighted by Crippen LogP contribution is 2.30. The van der Waals surface area contributed by atoms with Gasteiger partial charge in [0.25, 0.3) is 0 Å². The predicted octanol–water partition coefficient (Wildman–Crippen LogP) is 2.95. The minimum atomic E-state index is 0.349. The molecule has 6 nitrogen and oxygen atoms in total. The van der Waals surface area contributed by atoms with Gasteiger partial charge in [-0.15, -0.1) is 0 Å². The lowest BCUT2D eigenvalue weighted by Gasteiger charge is -2.09. The Bertz CT molecular complexity index is 670.